The van der Waals surface area contributed by atoms with E-state index >= 15 is 0 Å². The number of aliphatic hydroxyl groups excluding tert-OH is 1. The SMILES string of the molecule is CC(C)=CC(O)CC1CC2CCC1C2. The van der Waals surface area contributed by atoms with Crippen molar-refractivity contribution in [2.24, 2.45) is 17.8 Å². The van der Waals surface area contributed by atoms with Gasteiger partial charge in [0.05, 0.1) is 6.10 Å². The van der Waals surface area contributed by atoms with Crippen LogP contribution in [-0.2, 0) is 0 Å². The predicted octanol–water partition coefficient (Wildman–Crippen LogP) is 3.14. The molecule has 1 heteroatoms. The summed E-state index contributed by atoms with van der Waals surface area (Å²) in [5, 5.41) is 9.83. The maximum atomic E-state index is 9.83. The number of fused-ring (bicyclic) bond motifs is 2. The number of hydrogen-bond acceptors (Lipinski definition) is 1. The summed E-state index contributed by atoms with van der Waals surface area (Å²) in [6, 6.07) is 0. The second kappa shape index (κ2) is 4.06. The van der Waals surface area contributed by atoms with E-state index in [1.165, 1.54) is 31.3 Å². The molecule has 0 aliphatic heterocycles. The van der Waals surface area contributed by atoms with Gasteiger partial charge in [0, 0.05) is 0 Å². The Morgan fingerprint density at radius 3 is 2.64 bits per heavy atom. The highest BCUT2D eigenvalue weighted by atomic mass is 16.3. The largest absolute Gasteiger partial charge is 0.389 e. The van der Waals surface area contributed by atoms with E-state index in [4.69, 9.17) is 0 Å². The van der Waals surface area contributed by atoms with E-state index in [-0.39, 0.29) is 6.10 Å². The van der Waals surface area contributed by atoms with E-state index in [2.05, 4.69) is 13.8 Å². The van der Waals surface area contributed by atoms with Crippen LogP contribution in [0.4, 0.5) is 0 Å². The van der Waals surface area contributed by atoms with E-state index in [9.17, 15) is 5.11 Å². The Hall–Kier alpha value is -0.300. The molecule has 2 aliphatic carbocycles. The van der Waals surface area contributed by atoms with Crippen molar-refractivity contribution in [3.05, 3.63) is 11.6 Å². The highest BCUT2D eigenvalue weighted by Gasteiger charge is 2.39. The minimum Gasteiger partial charge on any atom is -0.389 e. The molecule has 80 valence electrons. The van der Waals surface area contributed by atoms with Gasteiger partial charge in [0.25, 0.3) is 0 Å². The summed E-state index contributed by atoms with van der Waals surface area (Å²) in [5.74, 6) is 2.77. The quantitative estimate of drug-likeness (QED) is 0.684. The molecule has 0 heterocycles. The normalized spacial score (nSPS) is 37.2. The molecule has 2 aliphatic rings. The standard InChI is InChI=1S/C13H22O/c1-9(2)5-13(14)8-12-7-10-3-4-11(12)6-10/h5,10-14H,3-4,6-8H2,1-2H3. The molecule has 4 atom stereocenters. The molecule has 2 bridgehead atoms. The summed E-state index contributed by atoms with van der Waals surface area (Å²) in [6.45, 7) is 4.12. The lowest BCUT2D eigenvalue weighted by Gasteiger charge is -2.23. The van der Waals surface area contributed by atoms with Crippen LogP contribution in [0.1, 0.15) is 46.0 Å². The Kier molecular flexibility index (Phi) is 2.96. The van der Waals surface area contributed by atoms with Crippen molar-refractivity contribution in [2.45, 2.75) is 52.1 Å². The summed E-state index contributed by atoms with van der Waals surface area (Å²) in [4.78, 5) is 0. The third-order valence-corrected chi connectivity index (χ3v) is 3.95. The van der Waals surface area contributed by atoms with Crippen LogP contribution in [0.2, 0.25) is 0 Å². The molecule has 1 N–H and O–H groups in total. The van der Waals surface area contributed by atoms with Crippen LogP contribution < -0.4 is 0 Å². The lowest BCUT2D eigenvalue weighted by atomic mass is 9.84. The Morgan fingerprint density at radius 2 is 2.14 bits per heavy atom. The second-order valence-corrected chi connectivity index (χ2v) is 5.48. The third kappa shape index (κ3) is 2.20. The van der Waals surface area contributed by atoms with Gasteiger partial charge in [0.2, 0.25) is 0 Å². The Balaban J connectivity index is 1.84. The maximum Gasteiger partial charge on any atom is 0.0726 e. The Morgan fingerprint density at radius 1 is 1.36 bits per heavy atom. The van der Waals surface area contributed by atoms with Gasteiger partial charge in [0.15, 0.2) is 0 Å². The molecule has 2 saturated carbocycles. The van der Waals surface area contributed by atoms with Crippen LogP contribution in [0, 0.1) is 17.8 Å². The van der Waals surface area contributed by atoms with Crippen LogP contribution >= 0.6 is 0 Å². The first kappa shape index (κ1) is 10.2. The fraction of sp³-hybridized carbons (Fsp3) is 0.846. The fourth-order valence-corrected chi connectivity index (χ4v) is 3.43. The van der Waals surface area contributed by atoms with Crippen molar-refractivity contribution < 1.29 is 5.11 Å². The molecule has 0 aromatic rings. The van der Waals surface area contributed by atoms with Crippen molar-refractivity contribution >= 4 is 0 Å². The van der Waals surface area contributed by atoms with Crippen molar-refractivity contribution in [2.75, 3.05) is 0 Å². The average molecular weight is 194 g/mol. The summed E-state index contributed by atoms with van der Waals surface area (Å²) in [7, 11) is 0. The minimum atomic E-state index is -0.190. The van der Waals surface area contributed by atoms with E-state index in [0.29, 0.717) is 0 Å². The highest BCUT2D eigenvalue weighted by Crippen LogP contribution is 2.49. The Bertz CT molecular complexity index is 227. The van der Waals surface area contributed by atoms with Gasteiger partial charge in [0.1, 0.15) is 0 Å². The van der Waals surface area contributed by atoms with Crippen LogP contribution in [-0.4, -0.2) is 11.2 Å². The van der Waals surface area contributed by atoms with Gasteiger partial charge < -0.3 is 5.11 Å². The number of rotatable bonds is 3. The van der Waals surface area contributed by atoms with Gasteiger partial charge in [-0.05, 0) is 57.3 Å². The van der Waals surface area contributed by atoms with Gasteiger partial charge in [-0.2, -0.15) is 0 Å². The molecule has 0 spiro atoms. The summed E-state index contributed by atoms with van der Waals surface area (Å²) in [5.41, 5.74) is 1.24. The van der Waals surface area contributed by atoms with Gasteiger partial charge in [-0.25, -0.2) is 0 Å². The van der Waals surface area contributed by atoms with Gasteiger partial charge in [-0.15, -0.1) is 0 Å². The van der Waals surface area contributed by atoms with E-state index in [0.717, 1.165) is 24.2 Å². The number of aliphatic hydroxyl groups is 1. The molecular formula is C13H22O. The minimum absolute atomic E-state index is 0.190. The average Bonchev–Trinajstić information content (AvgIpc) is 2.62. The van der Waals surface area contributed by atoms with Crippen molar-refractivity contribution in [1.29, 1.82) is 0 Å². The zero-order valence-corrected chi connectivity index (χ0v) is 9.37. The molecule has 4 unspecified atom stereocenters. The maximum absolute atomic E-state index is 9.83. The molecule has 0 aromatic carbocycles. The van der Waals surface area contributed by atoms with Gasteiger partial charge in [-0.1, -0.05) is 18.1 Å². The lowest BCUT2D eigenvalue weighted by molar-refractivity contribution is 0.162. The highest BCUT2D eigenvalue weighted by molar-refractivity contribution is 5.00. The van der Waals surface area contributed by atoms with Crippen LogP contribution in [0.5, 0.6) is 0 Å². The van der Waals surface area contributed by atoms with Crippen molar-refractivity contribution in [1.82, 2.24) is 0 Å². The summed E-state index contributed by atoms with van der Waals surface area (Å²) < 4.78 is 0. The second-order valence-electron chi connectivity index (χ2n) is 5.48. The van der Waals surface area contributed by atoms with Crippen molar-refractivity contribution in [3.8, 4) is 0 Å². The lowest BCUT2D eigenvalue weighted by Crippen LogP contribution is -2.17. The summed E-state index contributed by atoms with van der Waals surface area (Å²) >= 11 is 0. The van der Waals surface area contributed by atoms with Crippen LogP contribution in [0.15, 0.2) is 11.6 Å². The van der Waals surface area contributed by atoms with Gasteiger partial charge in [-0.3, -0.25) is 0 Å². The van der Waals surface area contributed by atoms with Crippen molar-refractivity contribution in [3.63, 3.8) is 0 Å². The summed E-state index contributed by atoms with van der Waals surface area (Å²) in [6.07, 6.45) is 8.55. The van der Waals surface area contributed by atoms with E-state index in [1.54, 1.807) is 0 Å². The molecule has 0 aromatic heterocycles. The molecular weight excluding hydrogens is 172 g/mol. The zero-order valence-electron chi connectivity index (χ0n) is 9.37. The van der Waals surface area contributed by atoms with Crippen LogP contribution in [0.25, 0.3) is 0 Å². The smallest absolute Gasteiger partial charge is 0.0726 e. The zero-order chi connectivity index (χ0) is 10.1. The molecule has 2 fully saturated rings. The topological polar surface area (TPSA) is 20.2 Å². The van der Waals surface area contributed by atoms with E-state index < -0.39 is 0 Å². The molecule has 1 nitrogen and oxygen atoms in total. The fourth-order valence-electron chi connectivity index (χ4n) is 3.43. The monoisotopic (exact) mass is 194 g/mol. The number of hydrogen-bond donors (Lipinski definition) is 1. The predicted molar refractivity (Wildman–Crippen MR) is 59.0 cm³/mol. The van der Waals surface area contributed by atoms with Crippen LogP contribution in [0.3, 0.4) is 0 Å². The molecule has 0 saturated heterocycles. The third-order valence-electron chi connectivity index (χ3n) is 3.95. The van der Waals surface area contributed by atoms with Gasteiger partial charge >= 0.3 is 0 Å². The van der Waals surface area contributed by atoms with E-state index in [1.807, 2.05) is 6.08 Å². The first-order chi connectivity index (χ1) is 6.65. The molecule has 2 rings (SSSR count). The number of allylic oxidation sites excluding steroid dienone is 1. The molecule has 0 radical (unpaired) electrons. The molecule has 0 amide bonds. The first-order valence-electron chi connectivity index (χ1n) is 5.98. The molecule has 14 heavy (non-hydrogen) atoms. The Labute approximate surface area is 87.2 Å². The first-order valence-corrected chi connectivity index (χ1v) is 5.98.